The first-order valence-electron chi connectivity index (χ1n) is 8.91. The van der Waals surface area contributed by atoms with Gasteiger partial charge in [-0.05, 0) is 25.0 Å². The zero-order valence-corrected chi connectivity index (χ0v) is 14.2. The molecule has 0 saturated carbocycles. The van der Waals surface area contributed by atoms with Gasteiger partial charge in [0.15, 0.2) is 0 Å². The molecule has 2 aromatic rings. The lowest BCUT2D eigenvalue weighted by Crippen LogP contribution is -2.43. The lowest BCUT2D eigenvalue weighted by atomic mass is 9.85. The van der Waals surface area contributed by atoms with Crippen molar-refractivity contribution in [3.63, 3.8) is 0 Å². The van der Waals surface area contributed by atoms with E-state index in [1.165, 1.54) is 0 Å². The third-order valence-corrected chi connectivity index (χ3v) is 5.62. The Labute approximate surface area is 149 Å². The molecule has 3 heterocycles. The summed E-state index contributed by atoms with van der Waals surface area (Å²) < 4.78 is 2.00. The van der Waals surface area contributed by atoms with Gasteiger partial charge in [0.05, 0.1) is 22.9 Å². The van der Waals surface area contributed by atoms with Crippen LogP contribution in [0.1, 0.15) is 12.8 Å². The van der Waals surface area contributed by atoms with Crippen LogP contribution in [0.4, 0.5) is 5.95 Å². The van der Waals surface area contributed by atoms with Gasteiger partial charge in [-0.2, -0.15) is 0 Å². The highest BCUT2D eigenvalue weighted by atomic mass is 16.2. The Morgan fingerprint density at radius 2 is 1.73 bits per heavy atom. The van der Waals surface area contributed by atoms with Crippen molar-refractivity contribution in [2.75, 3.05) is 18.0 Å². The SMILES string of the molecule is O=C1C2CC=CCC2C(=O)N1CC(=O)N1CCn2c1nc1ccccc12. The van der Waals surface area contributed by atoms with Crippen molar-refractivity contribution in [3.05, 3.63) is 36.4 Å². The van der Waals surface area contributed by atoms with E-state index >= 15 is 0 Å². The Morgan fingerprint density at radius 1 is 1.04 bits per heavy atom. The number of carbonyl (C=O) groups excluding carboxylic acids is 3. The molecule has 7 nitrogen and oxygen atoms in total. The zero-order chi connectivity index (χ0) is 17.8. The third kappa shape index (κ3) is 2.06. The van der Waals surface area contributed by atoms with Gasteiger partial charge < -0.3 is 4.57 Å². The normalized spacial score (nSPS) is 24.5. The van der Waals surface area contributed by atoms with Crippen LogP contribution in [0, 0.1) is 11.8 Å². The standard InChI is InChI=1S/C19H18N4O3/c24-16(11-23-17(25)12-5-1-2-6-13(12)18(23)26)22-10-9-21-15-8-4-3-7-14(15)20-19(21)22/h1-4,7-8,12-13H,5-6,9-11H2. The number of aromatic nitrogens is 2. The predicted octanol–water partition coefficient (Wildman–Crippen LogP) is 1.33. The molecule has 0 spiro atoms. The summed E-state index contributed by atoms with van der Waals surface area (Å²) >= 11 is 0. The predicted molar refractivity (Wildman–Crippen MR) is 94.2 cm³/mol. The van der Waals surface area contributed by atoms with Gasteiger partial charge in [0.25, 0.3) is 0 Å². The molecule has 26 heavy (non-hydrogen) atoms. The maximum Gasteiger partial charge on any atom is 0.249 e. The Bertz CT molecular complexity index is 950. The van der Waals surface area contributed by atoms with Crippen LogP contribution in [0.25, 0.3) is 11.0 Å². The summed E-state index contributed by atoms with van der Waals surface area (Å²) in [6.07, 6.45) is 5.06. The molecule has 1 aliphatic carbocycles. The first kappa shape index (κ1) is 15.3. The van der Waals surface area contributed by atoms with Crippen molar-refractivity contribution >= 4 is 34.7 Å². The van der Waals surface area contributed by atoms with E-state index < -0.39 is 0 Å². The molecule has 2 atom stereocenters. The van der Waals surface area contributed by atoms with E-state index in [4.69, 9.17) is 0 Å². The summed E-state index contributed by atoms with van der Waals surface area (Å²) in [5.74, 6) is -0.704. The maximum absolute atomic E-state index is 12.8. The number of benzene rings is 1. The fourth-order valence-electron chi connectivity index (χ4n) is 4.27. The first-order chi connectivity index (χ1) is 12.6. The van der Waals surface area contributed by atoms with Crippen LogP contribution in [-0.4, -0.2) is 45.3 Å². The topological polar surface area (TPSA) is 75.5 Å². The van der Waals surface area contributed by atoms with E-state index in [0.29, 0.717) is 31.9 Å². The van der Waals surface area contributed by atoms with Crippen molar-refractivity contribution in [2.24, 2.45) is 11.8 Å². The number of imide groups is 1. The molecule has 5 rings (SSSR count). The molecule has 1 saturated heterocycles. The smallest absolute Gasteiger partial charge is 0.249 e. The summed E-state index contributed by atoms with van der Waals surface area (Å²) in [6.45, 7) is 0.975. The minimum atomic E-state index is -0.302. The van der Waals surface area contributed by atoms with Crippen LogP contribution < -0.4 is 4.90 Å². The highest BCUT2D eigenvalue weighted by Crippen LogP contribution is 2.35. The molecule has 2 aliphatic heterocycles. The number of rotatable bonds is 2. The highest BCUT2D eigenvalue weighted by molar-refractivity contribution is 6.09. The number of carbonyl (C=O) groups is 3. The number of anilines is 1. The second-order valence-corrected chi connectivity index (χ2v) is 7.02. The molecular formula is C19H18N4O3. The minimum Gasteiger partial charge on any atom is -0.308 e. The fourth-order valence-corrected chi connectivity index (χ4v) is 4.27. The van der Waals surface area contributed by atoms with Gasteiger partial charge in [-0.15, -0.1) is 0 Å². The molecule has 0 bridgehead atoms. The number of fused-ring (bicyclic) bond motifs is 4. The van der Waals surface area contributed by atoms with Crippen LogP contribution in [0.15, 0.2) is 36.4 Å². The highest BCUT2D eigenvalue weighted by Gasteiger charge is 2.48. The molecule has 132 valence electrons. The Hall–Kier alpha value is -2.96. The summed E-state index contributed by atoms with van der Waals surface area (Å²) in [6, 6.07) is 7.74. The number of para-hydroxylation sites is 2. The molecule has 7 heteroatoms. The van der Waals surface area contributed by atoms with E-state index in [1.54, 1.807) is 4.90 Å². The van der Waals surface area contributed by atoms with Gasteiger partial charge in [0, 0.05) is 13.1 Å². The van der Waals surface area contributed by atoms with Crippen molar-refractivity contribution in [3.8, 4) is 0 Å². The van der Waals surface area contributed by atoms with Crippen molar-refractivity contribution < 1.29 is 14.4 Å². The van der Waals surface area contributed by atoms with Crippen LogP contribution in [0.2, 0.25) is 0 Å². The molecule has 1 aromatic carbocycles. The summed E-state index contributed by atoms with van der Waals surface area (Å²) in [5, 5.41) is 0. The number of amides is 3. The van der Waals surface area contributed by atoms with Crippen molar-refractivity contribution in [1.82, 2.24) is 14.5 Å². The van der Waals surface area contributed by atoms with Gasteiger partial charge in [0.2, 0.25) is 23.7 Å². The molecule has 3 aliphatic rings. The van der Waals surface area contributed by atoms with Crippen molar-refractivity contribution in [1.29, 1.82) is 0 Å². The monoisotopic (exact) mass is 350 g/mol. The van der Waals surface area contributed by atoms with Gasteiger partial charge in [-0.1, -0.05) is 24.3 Å². The van der Waals surface area contributed by atoms with E-state index in [1.807, 2.05) is 41.0 Å². The number of likely N-dealkylation sites (tertiary alicyclic amines) is 1. The number of allylic oxidation sites excluding steroid dienone is 2. The molecule has 3 amide bonds. The van der Waals surface area contributed by atoms with Gasteiger partial charge in [0.1, 0.15) is 6.54 Å². The largest absolute Gasteiger partial charge is 0.308 e. The fraction of sp³-hybridized carbons (Fsp3) is 0.368. The van der Waals surface area contributed by atoms with E-state index in [0.717, 1.165) is 15.9 Å². The molecule has 1 fully saturated rings. The quantitative estimate of drug-likeness (QED) is 0.605. The van der Waals surface area contributed by atoms with Gasteiger partial charge in [-0.25, -0.2) is 4.98 Å². The Balaban J connectivity index is 1.39. The van der Waals surface area contributed by atoms with Crippen LogP contribution in [-0.2, 0) is 20.9 Å². The van der Waals surface area contributed by atoms with Crippen LogP contribution in [0.5, 0.6) is 0 Å². The first-order valence-corrected chi connectivity index (χ1v) is 8.91. The van der Waals surface area contributed by atoms with E-state index in [2.05, 4.69) is 4.98 Å². The Morgan fingerprint density at radius 3 is 2.46 bits per heavy atom. The van der Waals surface area contributed by atoms with Gasteiger partial charge >= 0.3 is 0 Å². The van der Waals surface area contributed by atoms with E-state index in [-0.39, 0.29) is 36.1 Å². The molecule has 2 unspecified atom stereocenters. The lowest BCUT2D eigenvalue weighted by molar-refractivity contribution is -0.143. The summed E-state index contributed by atoms with van der Waals surface area (Å²) in [5.41, 5.74) is 1.83. The third-order valence-electron chi connectivity index (χ3n) is 5.62. The lowest BCUT2D eigenvalue weighted by Gasteiger charge is -2.19. The van der Waals surface area contributed by atoms with Crippen molar-refractivity contribution in [2.45, 2.75) is 19.4 Å². The average Bonchev–Trinajstić information content (AvgIpc) is 3.29. The average molecular weight is 350 g/mol. The zero-order valence-electron chi connectivity index (χ0n) is 14.2. The molecule has 0 N–H and O–H groups in total. The second kappa shape index (κ2) is 5.52. The van der Waals surface area contributed by atoms with Gasteiger partial charge in [-0.3, -0.25) is 24.2 Å². The second-order valence-electron chi connectivity index (χ2n) is 7.02. The summed E-state index contributed by atoms with van der Waals surface area (Å²) in [7, 11) is 0. The number of hydrogen-bond donors (Lipinski definition) is 0. The Kier molecular flexibility index (Phi) is 3.25. The molecule has 0 radical (unpaired) electrons. The number of imidazole rings is 1. The molecule has 1 aromatic heterocycles. The van der Waals surface area contributed by atoms with Crippen LogP contribution >= 0.6 is 0 Å². The minimum absolute atomic E-state index is 0.201. The number of nitrogens with zero attached hydrogens (tertiary/aromatic N) is 4. The molecular weight excluding hydrogens is 332 g/mol. The van der Waals surface area contributed by atoms with Crippen LogP contribution in [0.3, 0.4) is 0 Å². The maximum atomic E-state index is 12.8. The summed E-state index contributed by atoms with van der Waals surface area (Å²) in [4.78, 5) is 45.3. The number of hydrogen-bond acceptors (Lipinski definition) is 4. The van der Waals surface area contributed by atoms with E-state index in [9.17, 15) is 14.4 Å².